The Morgan fingerprint density at radius 2 is 1.81 bits per heavy atom. The molecular formula is C19H19N3O3S. The summed E-state index contributed by atoms with van der Waals surface area (Å²) in [4.78, 5) is 16.3. The van der Waals surface area contributed by atoms with Crippen molar-refractivity contribution in [1.29, 1.82) is 0 Å². The van der Waals surface area contributed by atoms with Crippen molar-refractivity contribution in [1.82, 2.24) is 15.0 Å². The number of aromatic nitrogens is 1. The van der Waals surface area contributed by atoms with Crippen LogP contribution in [0.1, 0.15) is 15.9 Å². The maximum atomic E-state index is 12.6. The summed E-state index contributed by atoms with van der Waals surface area (Å²) in [5.41, 5.74) is 1.92. The standard InChI is InChI=1S/C19H19N3O3S/c1-14-12-16-8-5-9-17(18(16)21-13-14)26(24,25)22-11-10-20-19(23)15-6-3-2-4-7-15/h2-9,12-13,22H,10-11H2,1H3,(H,20,23). The number of para-hydroxylation sites is 1. The number of amides is 1. The number of nitrogens with zero attached hydrogens (tertiary/aromatic N) is 1. The largest absolute Gasteiger partial charge is 0.351 e. The third-order valence-corrected chi connectivity index (χ3v) is 5.33. The molecule has 0 aliphatic rings. The van der Waals surface area contributed by atoms with E-state index in [0.29, 0.717) is 11.1 Å². The van der Waals surface area contributed by atoms with E-state index in [1.165, 1.54) is 6.07 Å². The number of hydrogen-bond donors (Lipinski definition) is 2. The fraction of sp³-hybridized carbons (Fsp3) is 0.158. The molecule has 0 aliphatic carbocycles. The molecular weight excluding hydrogens is 350 g/mol. The highest BCUT2D eigenvalue weighted by Crippen LogP contribution is 2.21. The predicted molar refractivity (Wildman–Crippen MR) is 100 cm³/mol. The number of sulfonamides is 1. The van der Waals surface area contributed by atoms with Gasteiger partial charge in [0.25, 0.3) is 5.91 Å². The van der Waals surface area contributed by atoms with Crippen LogP contribution in [0.2, 0.25) is 0 Å². The Morgan fingerprint density at radius 3 is 2.58 bits per heavy atom. The first kappa shape index (κ1) is 18.0. The van der Waals surface area contributed by atoms with Gasteiger partial charge in [0.1, 0.15) is 4.90 Å². The van der Waals surface area contributed by atoms with Crippen molar-refractivity contribution >= 4 is 26.8 Å². The molecule has 0 fully saturated rings. The number of nitrogens with one attached hydrogen (secondary N) is 2. The zero-order valence-corrected chi connectivity index (χ0v) is 15.1. The zero-order valence-electron chi connectivity index (χ0n) is 14.3. The third-order valence-electron chi connectivity index (χ3n) is 3.84. The summed E-state index contributed by atoms with van der Waals surface area (Å²) < 4.78 is 27.7. The van der Waals surface area contributed by atoms with Gasteiger partial charge < -0.3 is 5.32 Å². The minimum Gasteiger partial charge on any atom is -0.351 e. The van der Waals surface area contributed by atoms with Crippen molar-refractivity contribution in [2.45, 2.75) is 11.8 Å². The topological polar surface area (TPSA) is 88.2 Å². The van der Waals surface area contributed by atoms with E-state index in [1.807, 2.05) is 25.1 Å². The molecule has 0 saturated carbocycles. The number of pyridine rings is 1. The second-order valence-corrected chi connectivity index (χ2v) is 7.60. The molecule has 3 rings (SSSR count). The van der Waals surface area contributed by atoms with Gasteiger partial charge >= 0.3 is 0 Å². The molecule has 0 spiro atoms. The lowest BCUT2D eigenvalue weighted by atomic mass is 10.2. The fourth-order valence-electron chi connectivity index (χ4n) is 2.59. The summed E-state index contributed by atoms with van der Waals surface area (Å²) in [7, 11) is -3.73. The van der Waals surface area contributed by atoms with E-state index in [0.717, 1.165) is 10.9 Å². The molecule has 1 aromatic heterocycles. The number of carbonyl (C=O) groups is 1. The lowest BCUT2D eigenvalue weighted by Crippen LogP contribution is -2.34. The number of benzene rings is 2. The van der Waals surface area contributed by atoms with Crippen LogP contribution in [0.15, 0.2) is 65.7 Å². The molecule has 0 radical (unpaired) electrons. The summed E-state index contributed by atoms with van der Waals surface area (Å²) in [6.45, 7) is 2.18. The van der Waals surface area contributed by atoms with E-state index >= 15 is 0 Å². The lowest BCUT2D eigenvalue weighted by molar-refractivity contribution is 0.0954. The van der Waals surface area contributed by atoms with Crippen LogP contribution in [0.5, 0.6) is 0 Å². The molecule has 7 heteroatoms. The molecule has 1 heterocycles. The Morgan fingerprint density at radius 1 is 1.04 bits per heavy atom. The second-order valence-electron chi connectivity index (χ2n) is 5.86. The highest BCUT2D eigenvalue weighted by molar-refractivity contribution is 7.89. The average molecular weight is 369 g/mol. The highest BCUT2D eigenvalue weighted by atomic mass is 32.2. The number of fused-ring (bicyclic) bond motifs is 1. The summed E-state index contributed by atoms with van der Waals surface area (Å²) >= 11 is 0. The summed E-state index contributed by atoms with van der Waals surface area (Å²) in [6.07, 6.45) is 1.64. The van der Waals surface area contributed by atoms with Crippen LogP contribution >= 0.6 is 0 Å². The van der Waals surface area contributed by atoms with Gasteiger partial charge in [0.15, 0.2) is 0 Å². The third kappa shape index (κ3) is 4.07. The maximum absolute atomic E-state index is 12.6. The molecule has 1 amide bonds. The minimum absolute atomic E-state index is 0.0865. The number of rotatable bonds is 6. The number of hydrogen-bond acceptors (Lipinski definition) is 4. The quantitative estimate of drug-likeness (QED) is 0.653. The van der Waals surface area contributed by atoms with Gasteiger partial charge in [0.2, 0.25) is 10.0 Å². The number of carbonyl (C=O) groups excluding carboxylic acids is 1. The first-order valence-corrected chi connectivity index (χ1v) is 9.64. The van der Waals surface area contributed by atoms with Gasteiger partial charge in [-0.25, -0.2) is 13.1 Å². The smallest absolute Gasteiger partial charge is 0.251 e. The molecule has 0 bridgehead atoms. The minimum atomic E-state index is -3.73. The summed E-state index contributed by atoms with van der Waals surface area (Å²) in [6, 6.07) is 15.7. The van der Waals surface area contributed by atoms with Gasteiger partial charge in [-0.3, -0.25) is 9.78 Å². The molecule has 0 saturated heterocycles. The lowest BCUT2D eigenvalue weighted by Gasteiger charge is -2.10. The van der Waals surface area contributed by atoms with E-state index in [4.69, 9.17) is 0 Å². The molecule has 134 valence electrons. The molecule has 2 N–H and O–H groups in total. The Labute approximate surface area is 152 Å². The van der Waals surface area contributed by atoms with E-state index in [1.54, 1.807) is 36.5 Å². The fourth-order valence-corrected chi connectivity index (χ4v) is 3.80. The second kappa shape index (κ2) is 7.63. The highest BCUT2D eigenvalue weighted by Gasteiger charge is 2.17. The Kier molecular flexibility index (Phi) is 5.29. The molecule has 2 aromatic carbocycles. The normalized spacial score (nSPS) is 11.4. The van der Waals surface area contributed by atoms with Crippen LogP contribution in [0.25, 0.3) is 10.9 Å². The van der Waals surface area contributed by atoms with Gasteiger partial charge in [-0.2, -0.15) is 0 Å². The molecule has 3 aromatic rings. The van der Waals surface area contributed by atoms with E-state index in [2.05, 4.69) is 15.0 Å². The monoisotopic (exact) mass is 369 g/mol. The van der Waals surface area contributed by atoms with E-state index in [9.17, 15) is 13.2 Å². The SMILES string of the molecule is Cc1cnc2c(S(=O)(=O)NCCNC(=O)c3ccccc3)cccc2c1. The van der Waals surface area contributed by atoms with E-state index < -0.39 is 10.0 Å². The Hall–Kier alpha value is -2.77. The van der Waals surface area contributed by atoms with Crippen molar-refractivity contribution in [2.75, 3.05) is 13.1 Å². The molecule has 26 heavy (non-hydrogen) atoms. The van der Waals surface area contributed by atoms with Crippen LogP contribution in [-0.2, 0) is 10.0 Å². The van der Waals surface area contributed by atoms with Gasteiger partial charge in [-0.15, -0.1) is 0 Å². The molecule has 6 nitrogen and oxygen atoms in total. The van der Waals surface area contributed by atoms with Crippen molar-refractivity contribution in [3.8, 4) is 0 Å². The Bertz CT molecular complexity index is 1030. The molecule has 0 unspecified atom stereocenters. The van der Waals surface area contributed by atoms with Gasteiger partial charge in [0, 0.05) is 30.2 Å². The Balaban J connectivity index is 1.66. The molecule has 0 atom stereocenters. The first-order valence-electron chi connectivity index (χ1n) is 8.16. The van der Waals surface area contributed by atoms with Crippen molar-refractivity contribution < 1.29 is 13.2 Å². The summed E-state index contributed by atoms with van der Waals surface area (Å²) in [5, 5.41) is 3.45. The molecule has 0 aliphatic heterocycles. The van der Waals surface area contributed by atoms with Crippen molar-refractivity contribution in [2.24, 2.45) is 0 Å². The van der Waals surface area contributed by atoms with Crippen LogP contribution in [0, 0.1) is 6.92 Å². The van der Waals surface area contributed by atoms with Gasteiger partial charge in [0.05, 0.1) is 5.52 Å². The first-order chi connectivity index (χ1) is 12.5. The maximum Gasteiger partial charge on any atom is 0.251 e. The van der Waals surface area contributed by atoms with Gasteiger partial charge in [-0.05, 0) is 36.8 Å². The van der Waals surface area contributed by atoms with Crippen LogP contribution in [0.4, 0.5) is 0 Å². The van der Waals surface area contributed by atoms with Crippen molar-refractivity contribution in [3.05, 3.63) is 71.9 Å². The number of aryl methyl sites for hydroxylation is 1. The van der Waals surface area contributed by atoms with Crippen LogP contribution < -0.4 is 10.0 Å². The zero-order chi connectivity index (χ0) is 18.6. The van der Waals surface area contributed by atoms with Crippen molar-refractivity contribution in [3.63, 3.8) is 0 Å². The van der Waals surface area contributed by atoms with Crippen LogP contribution in [-0.4, -0.2) is 32.4 Å². The predicted octanol–water partition coefficient (Wildman–Crippen LogP) is 2.25. The average Bonchev–Trinajstić information content (AvgIpc) is 2.65. The summed E-state index contributed by atoms with van der Waals surface area (Å²) in [5.74, 6) is -0.243. The van der Waals surface area contributed by atoms with Crippen LogP contribution in [0.3, 0.4) is 0 Å². The van der Waals surface area contributed by atoms with E-state index in [-0.39, 0.29) is 23.9 Å². The van der Waals surface area contributed by atoms with Gasteiger partial charge in [-0.1, -0.05) is 30.3 Å².